The summed E-state index contributed by atoms with van der Waals surface area (Å²) >= 11 is 1.62. The number of hydrogen-bond acceptors (Lipinski definition) is 5. The SMILES string of the molecule is CSNc1ccc2c(c1)C(N1CCOCC1)c1cc(-c3ccccc3)cnc1C=C2. The van der Waals surface area contributed by atoms with E-state index in [1.54, 1.807) is 11.9 Å². The predicted molar refractivity (Wildman–Crippen MR) is 126 cm³/mol. The normalized spacial score (nSPS) is 18.4. The van der Waals surface area contributed by atoms with Gasteiger partial charge in [-0.1, -0.05) is 54.4 Å². The maximum absolute atomic E-state index is 5.66. The quantitative estimate of drug-likeness (QED) is 0.582. The lowest BCUT2D eigenvalue weighted by atomic mass is 9.92. The largest absolute Gasteiger partial charge is 0.379 e. The Balaban J connectivity index is 1.67. The summed E-state index contributed by atoms with van der Waals surface area (Å²) in [6.07, 6.45) is 8.40. The van der Waals surface area contributed by atoms with Gasteiger partial charge in [-0.25, -0.2) is 0 Å². The van der Waals surface area contributed by atoms with Gasteiger partial charge in [0.1, 0.15) is 0 Å². The van der Waals surface area contributed by atoms with Crippen LogP contribution in [-0.2, 0) is 4.74 Å². The van der Waals surface area contributed by atoms with Gasteiger partial charge in [0, 0.05) is 42.4 Å². The molecule has 2 heterocycles. The summed E-state index contributed by atoms with van der Waals surface area (Å²) in [6, 6.07) is 19.6. The Labute approximate surface area is 182 Å². The minimum Gasteiger partial charge on any atom is -0.379 e. The van der Waals surface area contributed by atoms with Gasteiger partial charge < -0.3 is 9.46 Å². The molecule has 1 aliphatic heterocycles. The second-order valence-corrected chi connectivity index (χ2v) is 8.21. The lowest BCUT2D eigenvalue weighted by molar-refractivity contribution is 0.0239. The number of pyridine rings is 1. The minimum atomic E-state index is 0.147. The fourth-order valence-corrected chi connectivity index (χ4v) is 4.71. The van der Waals surface area contributed by atoms with Gasteiger partial charge in [-0.3, -0.25) is 9.88 Å². The number of nitrogens with one attached hydrogen (secondary N) is 1. The molecule has 0 saturated carbocycles. The van der Waals surface area contributed by atoms with Gasteiger partial charge in [-0.15, -0.1) is 0 Å². The molecule has 30 heavy (non-hydrogen) atoms. The van der Waals surface area contributed by atoms with Crippen molar-refractivity contribution in [3.63, 3.8) is 0 Å². The van der Waals surface area contributed by atoms with Gasteiger partial charge in [0.25, 0.3) is 0 Å². The second-order valence-electron chi connectivity index (χ2n) is 7.60. The summed E-state index contributed by atoms with van der Waals surface area (Å²) in [5.74, 6) is 0. The third-order valence-electron chi connectivity index (χ3n) is 5.78. The van der Waals surface area contributed by atoms with Crippen molar-refractivity contribution in [2.24, 2.45) is 0 Å². The van der Waals surface area contributed by atoms with Crippen molar-refractivity contribution in [3.8, 4) is 11.1 Å². The Morgan fingerprint density at radius 3 is 2.60 bits per heavy atom. The first-order chi connectivity index (χ1) is 14.8. The third kappa shape index (κ3) is 3.76. The van der Waals surface area contributed by atoms with E-state index < -0.39 is 0 Å². The number of ether oxygens (including phenoxy) is 1. The molecule has 1 saturated heterocycles. The summed E-state index contributed by atoms with van der Waals surface area (Å²) in [5, 5.41) is 0. The molecule has 5 rings (SSSR count). The molecular formula is C25H25N3OS. The first-order valence-corrected chi connectivity index (χ1v) is 11.5. The van der Waals surface area contributed by atoms with Crippen molar-refractivity contribution < 1.29 is 4.74 Å². The standard InChI is InChI=1S/C25H25N3OS/c1-30-27-21-9-7-19-8-10-24-23(15-20(17-26-24)18-5-3-2-4-6-18)25(22(19)16-21)28-11-13-29-14-12-28/h2-10,15-17,25,27H,11-14H2,1H3. The van der Waals surface area contributed by atoms with Crippen LogP contribution in [0.1, 0.15) is 28.4 Å². The van der Waals surface area contributed by atoms with E-state index in [0.717, 1.165) is 43.2 Å². The molecule has 1 aliphatic carbocycles. The van der Waals surface area contributed by atoms with E-state index >= 15 is 0 Å². The van der Waals surface area contributed by atoms with Crippen LogP contribution in [0.15, 0.2) is 60.8 Å². The van der Waals surface area contributed by atoms with Crippen LogP contribution in [0, 0.1) is 0 Å². The first kappa shape index (κ1) is 19.4. The smallest absolute Gasteiger partial charge is 0.0681 e. The Bertz CT molecular complexity index is 1060. The molecular weight excluding hydrogens is 390 g/mol. The number of rotatable bonds is 4. The van der Waals surface area contributed by atoms with Crippen molar-refractivity contribution in [2.75, 3.05) is 37.3 Å². The number of anilines is 1. The average Bonchev–Trinajstić information content (AvgIpc) is 2.96. The van der Waals surface area contributed by atoms with E-state index in [1.807, 2.05) is 6.20 Å². The molecule has 4 nitrogen and oxygen atoms in total. The highest BCUT2D eigenvalue weighted by molar-refractivity contribution is 7.99. The van der Waals surface area contributed by atoms with Gasteiger partial charge >= 0.3 is 0 Å². The zero-order valence-electron chi connectivity index (χ0n) is 17.0. The number of nitrogens with zero attached hydrogens (tertiary/aromatic N) is 2. The number of hydrogen-bond donors (Lipinski definition) is 1. The zero-order valence-corrected chi connectivity index (χ0v) is 17.9. The van der Waals surface area contributed by atoms with Crippen molar-refractivity contribution in [2.45, 2.75) is 6.04 Å². The molecule has 0 bridgehead atoms. The topological polar surface area (TPSA) is 37.4 Å². The molecule has 1 unspecified atom stereocenters. The van der Waals surface area contributed by atoms with E-state index in [2.05, 4.69) is 82.6 Å². The van der Waals surface area contributed by atoms with Gasteiger partial charge in [0.05, 0.1) is 24.9 Å². The van der Waals surface area contributed by atoms with Crippen molar-refractivity contribution in [1.82, 2.24) is 9.88 Å². The average molecular weight is 416 g/mol. The lowest BCUT2D eigenvalue weighted by Crippen LogP contribution is -2.40. The lowest BCUT2D eigenvalue weighted by Gasteiger charge is -2.36. The highest BCUT2D eigenvalue weighted by Gasteiger charge is 2.30. The monoisotopic (exact) mass is 415 g/mol. The Hall–Kier alpha value is -2.60. The molecule has 152 valence electrons. The van der Waals surface area contributed by atoms with Gasteiger partial charge in [-0.05, 0) is 41.0 Å². The summed E-state index contributed by atoms with van der Waals surface area (Å²) in [6.45, 7) is 3.37. The Morgan fingerprint density at radius 2 is 1.80 bits per heavy atom. The predicted octanol–water partition coefficient (Wildman–Crippen LogP) is 5.34. The molecule has 2 aromatic carbocycles. The number of morpholine rings is 1. The summed E-state index contributed by atoms with van der Waals surface area (Å²) < 4.78 is 9.06. The highest BCUT2D eigenvalue weighted by atomic mass is 32.2. The Kier molecular flexibility index (Phi) is 5.58. The highest BCUT2D eigenvalue weighted by Crippen LogP contribution is 2.39. The van der Waals surface area contributed by atoms with Crippen LogP contribution in [0.3, 0.4) is 0 Å². The number of benzene rings is 2. The number of fused-ring (bicyclic) bond motifs is 2. The van der Waals surface area contributed by atoms with E-state index in [1.165, 1.54) is 22.3 Å². The van der Waals surface area contributed by atoms with Crippen molar-refractivity contribution in [1.29, 1.82) is 0 Å². The zero-order chi connectivity index (χ0) is 20.3. The molecule has 0 spiro atoms. The van der Waals surface area contributed by atoms with Crippen LogP contribution >= 0.6 is 11.9 Å². The van der Waals surface area contributed by atoms with Crippen LogP contribution in [-0.4, -0.2) is 42.4 Å². The van der Waals surface area contributed by atoms with Crippen molar-refractivity contribution >= 4 is 29.8 Å². The van der Waals surface area contributed by atoms with Gasteiger partial charge in [0.2, 0.25) is 0 Å². The van der Waals surface area contributed by atoms with Crippen LogP contribution in [0.25, 0.3) is 23.3 Å². The summed E-state index contributed by atoms with van der Waals surface area (Å²) in [7, 11) is 0. The molecule has 1 atom stereocenters. The van der Waals surface area contributed by atoms with Crippen LogP contribution in [0.5, 0.6) is 0 Å². The summed E-state index contributed by atoms with van der Waals surface area (Å²) in [5.41, 5.74) is 8.35. The van der Waals surface area contributed by atoms with Crippen LogP contribution < -0.4 is 4.72 Å². The fourth-order valence-electron chi connectivity index (χ4n) is 4.35. The molecule has 3 aromatic rings. The maximum atomic E-state index is 5.66. The second kappa shape index (κ2) is 8.64. The van der Waals surface area contributed by atoms with E-state index in [9.17, 15) is 0 Å². The van der Waals surface area contributed by atoms with Crippen LogP contribution in [0.2, 0.25) is 0 Å². The Morgan fingerprint density at radius 1 is 0.967 bits per heavy atom. The molecule has 1 fully saturated rings. The van der Waals surface area contributed by atoms with E-state index in [4.69, 9.17) is 9.72 Å². The molecule has 1 aromatic heterocycles. The molecule has 1 N–H and O–H groups in total. The van der Waals surface area contributed by atoms with Crippen LogP contribution in [0.4, 0.5) is 5.69 Å². The van der Waals surface area contributed by atoms with E-state index in [-0.39, 0.29) is 6.04 Å². The summed E-state index contributed by atoms with van der Waals surface area (Å²) in [4.78, 5) is 7.41. The molecule has 5 heteroatoms. The van der Waals surface area contributed by atoms with Crippen molar-refractivity contribution in [3.05, 3.63) is 83.2 Å². The molecule has 0 amide bonds. The first-order valence-electron chi connectivity index (χ1n) is 10.3. The molecule has 0 radical (unpaired) electrons. The van der Waals surface area contributed by atoms with Gasteiger partial charge in [-0.2, -0.15) is 0 Å². The van der Waals surface area contributed by atoms with E-state index in [0.29, 0.717) is 0 Å². The fraction of sp³-hybridized carbons (Fsp3) is 0.240. The third-order valence-corrected chi connectivity index (χ3v) is 6.22. The molecule has 2 aliphatic rings. The number of aromatic nitrogens is 1. The van der Waals surface area contributed by atoms with Gasteiger partial charge in [0.15, 0.2) is 0 Å². The maximum Gasteiger partial charge on any atom is 0.0681 e. The minimum absolute atomic E-state index is 0.147.